The number of rotatable bonds is 2. The average Bonchev–Trinajstić information content (AvgIpc) is 3.20. The van der Waals surface area contributed by atoms with Gasteiger partial charge in [-0.15, -0.1) is 0 Å². The number of hydrogen-bond acceptors (Lipinski definition) is 5. The quantitative estimate of drug-likeness (QED) is 0.700. The molecule has 0 spiro atoms. The van der Waals surface area contributed by atoms with Crippen LogP contribution in [-0.2, 0) is 21.7 Å². The van der Waals surface area contributed by atoms with Crippen molar-refractivity contribution in [3.8, 4) is 0 Å². The number of sulfone groups is 1. The second kappa shape index (κ2) is 5.30. The Labute approximate surface area is 140 Å². The Morgan fingerprint density at radius 2 is 1.75 bits per heavy atom. The molecule has 3 aliphatic rings. The Kier molecular flexibility index (Phi) is 3.45. The van der Waals surface area contributed by atoms with Crippen LogP contribution in [0.1, 0.15) is 23.3 Å². The minimum absolute atomic E-state index is 0.0481. The van der Waals surface area contributed by atoms with Gasteiger partial charge in [-0.3, -0.25) is 14.3 Å². The molecule has 0 N–H and O–H groups in total. The molecule has 0 radical (unpaired) electrons. The van der Waals surface area contributed by atoms with Crippen molar-refractivity contribution < 1.29 is 18.0 Å². The third kappa shape index (κ3) is 2.60. The molecule has 2 saturated heterocycles. The Morgan fingerprint density at radius 3 is 2.33 bits per heavy atom. The van der Waals surface area contributed by atoms with Crippen LogP contribution < -0.4 is 0 Å². The van der Waals surface area contributed by atoms with Crippen molar-refractivity contribution in [1.29, 1.82) is 0 Å². The largest absolute Gasteiger partial charge is 0.335 e. The maximum absolute atomic E-state index is 12.7. The smallest absolute Gasteiger partial charge is 0.274 e. The van der Waals surface area contributed by atoms with Crippen LogP contribution in [0.2, 0.25) is 0 Å². The van der Waals surface area contributed by atoms with Gasteiger partial charge in [0.25, 0.3) is 5.91 Å². The summed E-state index contributed by atoms with van der Waals surface area (Å²) in [6.07, 6.45) is 3.45. The number of aromatic nitrogens is 2. The molecule has 1 aromatic heterocycles. The van der Waals surface area contributed by atoms with Crippen LogP contribution in [-0.4, -0.2) is 76.5 Å². The molecule has 8 nitrogen and oxygen atoms in total. The number of carbonyl (C=O) groups is 2. The minimum atomic E-state index is -3.26. The summed E-state index contributed by atoms with van der Waals surface area (Å²) in [4.78, 5) is 28.5. The summed E-state index contributed by atoms with van der Waals surface area (Å²) in [7, 11) is -1.53. The maximum atomic E-state index is 12.7. The van der Waals surface area contributed by atoms with E-state index in [0.717, 1.165) is 12.8 Å². The van der Waals surface area contributed by atoms with E-state index in [-0.39, 0.29) is 29.2 Å². The van der Waals surface area contributed by atoms with Gasteiger partial charge in [0.1, 0.15) is 5.69 Å². The summed E-state index contributed by atoms with van der Waals surface area (Å²) in [5.74, 6) is -0.299. The fourth-order valence-electron chi connectivity index (χ4n) is 3.72. The van der Waals surface area contributed by atoms with Gasteiger partial charge in [0.05, 0.1) is 23.6 Å². The molecule has 9 heteroatoms. The molecule has 130 valence electrons. The lowest BCUT2D eigenvalue weighted by Crippen LogP contribution is -2.62. The molecule has 2 amide bonds. The SMILES string of the molecule is Cn1ccc(C(=O)N2CCN(C(=O)C3CC3)[C@@H]3CS(=O)(=O)C[C@@H]32)n1. The van der Waals surface area contributed by atoms with Gasteiger partial charge in [0, 0.05) is 32.3 Å². The molecule has 0 bridgehead atoms. The summed E-state index contributed by atoms with van der Waals surface area (Å²) >= 11 is 0. The molecule has 0 aromatic carbocycles. The summed E-state index contributed by atoms with van der Waals surface area (Å²) in [6.45, 7) is 0.745. The number of carbonyl (C=O) groups excluding carboxylic acids is 2. The van der Waals surface area contributed by atoms with Crippen molar-refractivity contribution in [2.45, 2.75) is 24.9 Å². The van der Waals surface area contributed by atoms with Gasteiger partial charge in [0.15, 0.2) is 9.84 Å². The van der Waals surface area contributed by atoms with Crippen LogP contribution in [0.3, 0.4) is 0 Å². The predicted octanol–water partition coefficient (Wildman–Crippen LogP) is -0.720. The number of amides is 2. The highest BCUT2D eigenvalue weighted by Gasteiger charge is 2.51. The molecule has 3 heterocycles. The summed E-state index contributed by atoms with van der Waals surface area (Å²) in [6, 6.07) is 0.730. The van der Waals surface area contributed by atoms with E-state index in [2.05, 4.69) is 5.10 Å². The molecular formula is C15H20N4O4S. The monoisotopic (exact) mass is 352 g/mol. The normalized spacial score (nSPS) is 28.7. The van der Waals surface area contributed by atoms with Crippen LogP contribution in [0.15, 0.2) is 12.3 Å². The van der Waals surface area contributed by atoms with Gasteiger partial charge >= 0.3 is 0 Å². The Hall–Kier alpha value is -1.90. The van der Waals surface area contributed by atoms with E-state index in [1.807, 2.05) is 0 Å². The zero-order valence-corrected chi connectivity index (χ0v) is 14.3. The van der Waals surface area contributed by atoms with Crippen LogP contribution in [0.25, 0.3) is 0 Å². The van der Waals surface area contributed by atoms with E-state index in [9.17, 15) is 18.0 Å². The van der Waals surface area contributed by atoms with Crippen LogP contribution >= 0.6 is 0 Å². The highest BCUT2D eigenvalue weighted by atomic mass is 32.2. The lowest BCUT2D eigenvalue weighted by Gasteiger charge is -2.43. The zero-order chi connectivity index (χ0) is 17.1. The van der Waals surface area contributed by atoms with E-state index >= 15 is 0 Å². The summed E-state index contributed by atoms with van der Waals surface area (Å²) in [5.41, 5.74) is 0.308. The van der Waals surface area contributed by atoms with Crippen molar-refractivity contribution >= 4 is 21.7 Å². The topological polar surface area (TPSA) is 92.6 Å². The zero-order valence-electron chi connectivity index (χ0n) is 13.5. The van der Waals surface area contributed by atoms with Crippen molar-refractivity contribution in [2.75, 3.05) is 24.6 Å². The fourth-order valence-corrected chi connectivity index (χ4v) is 5.70. The molecule has 2 aliphatic heterocycles. The molecule has 1 aromatic rings. The summed E-state index contributed by atoms with van der Waals surface area (Å²) < 4.78 is 25.9. The van der Waals surface area contributed by atoms with Crippen molar-refractivity contribution in [3.63, 3.8) is 0 Å². The highest BCUT2D eigenvalue weighted by molar-refractivity contribution is 7.91. The predicted molar refractivity (Wildman–Crippen MR) is 84.9 cm³/mol. The standard InChI is InChI=1S/C15H20N4O4S/c1-17-5-4-11(16-17)15(21)19-7-6-18(14(20)10-2-3-10)12-8-24(22,23)9-13(12)19/h4-5,10,12-13H,2-3,6-9H2,1H3/t12-,13+/m1/s1. The van der Waals surface area contributed by atoms with Crippen molar-refractivity contribution in [3.05, 3.63) is 18.0 Å². The lowest BCUT2D eigenvalue weighted by molar-refractivity contribution is -0.137. The first-order valence-corrected chi connectivity index (χ1v) is 9.99. The van der Waals surface area contributed by atoms with E-state index < -0.39 is 21.9 Å². The summed E-state index contributed by atoms with van der Waals surface area (Å²) in [5, 5.41) is 4.12. The van der Waals surface area contributed by atoms with Crippen LogP contribution in [0, 0.1) is 5.92 Å². The Morgan fingerprint density at radius 1 is 1.12 bits per heavy atom. The average molecular weight is 352 g/mol. The first-order valence-electron chi connectivity index (χ1n) is 8.17. The van der Waals surface area contributed by atoms with Gasteiger partial charge in [-0.05, 0) is 18.9 Å². The van der Waals surface area contributed by atoms with Crippen molar-refractivity contribution in [1.82, 2.24) is 19.6 Å². The van der Waals surface area contributed by atoms with Gasteiger partial charge in [-0.1, -0.05) is 0 Å². The first-order chi connectivity index (χ1) is 11.4. The fraction of sp³-hybridized carbons (Fsp3) is 0.667. The number of aryl methyl sites for hydroxylation is 1. The van der Waals surface area contributed by atoms with Crippen molar-refractivity contribution in [2.24, 2.45) is 13.0 Å². The first kappa shape index (κ1) is 15.6. The molecule has 2 atom stereocenters. The van der Waals surface area contributed by atoms with E-state index in [1.165, 1.54) is 0 Å². The minimum Gasteiger partial charge on any atom is -0.335 e. The maximum Gasteiger partial charge on any atom is 0.274 e. The highest BCUT2D eigenvalue weighted by Crippen LogP contribution is 2.35. The second-order valence-corrected chi connectivity index (χ2v) is 9.04. The molecule has 0 unspecified atom stereocenters. The molecule has 24 heavy (non-hydrogen) atoms. The van der Waals surface area contributed by atoms with E-state index in [1.54, 1.807) is 33.8 Å². The molecule has 3 fully saturated rings. The van der Waals surface area contributed by atoms with E-state index in [4.69, 9.17) is 0 Å². The van der Waals surface area contributed by atoms with Gasteiger partial charge in [0.2, 0.25) is 5.91 Å². The third-order valence-electron chi connectivity index (χ3n) is 5.08. The Bertz CT molecular complexity index is 798. The number of piperazine rings is 1. The lowest BCUT2D eigenvalue weighted by atomic mass is 10.0. The number of nitrogens with zero attached hydrogens (tertiary/aromatic N) is 4. The number of fused-ring (bicyclic) bond motifs is 1. The number of hydrogen-bond donors (Lipinski definition) is 0. The Balaban J connectivity index is 1.62. The molecule has 1 saturated carbocycles. The molecular weight excluding hydrogens is 332 g/mol. The second-order valence-electron chi connectivity index (χ2n) is 6.89. The van der Waals surface area contributed by atoms with Crippen LogP contribution in [0.4, 0.5) is 0 Å². The third-order valence-corrected chi connectivity index (χ3v) is 6.78. The van der Waals surface area contributed by atoms with Gasteiger partial charge in [-0.25, -0.2) is 8.42 Å². The molecule has 4 rings (SSSR count). The van der Waals surface area contributed by atoms with Gasteiger partial charge < -0.3 is 9.80 Å². The van der Waals surface area contributed by atoms with Crippen LogP contribution in [0.5, 0.6) is 0 Å². The molecule has 1 aliphatic carbocycles. The van der Waals surface area contributed by atoms with Gasteiger partial charge in [-0.2, -0.15) is 5.10 Å². The van der Waals surface area contributed by atoms with E-state index in [0.29, 0.717) is 18.8 Å².